The van der Waals surface area contributed by atoms with Crippen LogP contribution in [0, 0.1) is 0 Å². The summed E-state index contributed by atoms with van der Waals surface area (Å²) in [6.07, 6.45) is 2.64. The third-order valence-electron chi connectivity index (χ3n) is 1.73. The second kappa shape index (κ2) is 12.0. The number of unbranched alkanes of at least 4 members (excludes halogenated alkanes) is 1. The minimum atomic E-state index is -1.76. The molecule has 1 aromatic heterocycles. The Bertz CT molecular complexity index is 382. The minimum absolute atomic E-state index is 0. The molecule has 6 nitrogen and oxygen atoms in total. The maximum absolute atomic E-state index is 10.2. The molecule has 0 fully saturated rings. The van der Waals surface area contributed by atoms with E-state index in [-0.39, 0.29) is 70.5 Å². The van der Waals surface area contributed by atoms with E-state index in [1.54, 1.807) is 0 Å². The van der Waals surface area contributed by atoms with Gasteiger partial charge in [-0.2, -0.15) is 0 Å². The number of rotatable bonds is 3. The maximum atomic E-state index is 10.2. The number of carboxylic acids is 2. The molecule has 1 heterocycles. The number of carbonyl (C=O) groups is 2. The van der Waals surface area contributed by atoms with E-state index in [0.717, 1.165) is 0 Å². The third-order valence-corrected chi connectivity index (χ3v) is 2.86. The van der Waals surface area contributed by atoms with Crippen molar-refractivity contribution in [3.05, 3.63) is 9.75 Å². The van der Waals surface area contributed by atoms with E-state index in [4.69, 9.17) is 10.2 Å². The number of carbonyl (C=O) groups excluding carboxylic acids is 2. The predicted octanol–water partition coefficient (Wildman–Crippen LogP) is -6.30. The van der Waals surface area contributed by atoms with Crippen LogP contribution in [0.15, 0.2) is 0 Å². The normalized spacial score (nSPS) is 8.32. The quantitative estimate of drug-likeness (QED) is 0.536. The third kappa shape index (κ3) is 7.55. The van der Waals surface area contributed by atoms with Crippen LogP contribution in [-0.2, 0) is 0 Å². The number of aromatic carboxylic acids is 2. The fourth-order valence-corrected chi connectivity index (χ4v) is 1.45. The molecule has 0 spiro atoms. The van der Waals surface area contributed by atoms with Crippen LogP contribution in [0.4, 0.5) is 0 Å². The molecule has 0 atom stereocenters. The van der Waals surface area contributed by atoms with Crippen LogP contribution >= 0.6 is 11.3 Å². The number of carboxylic acid groups (broad SMARTS) is 2. The summed E-state index contributed by atoms with van der Waals surface area (Å²) in [6.45, 7) is 4.36. The molecule has 0 aromatic carbocycles. The van der Waals surface area contributed by atoms with Crippen molar-refractivity contribution < 1.29 is 89.1 Å². The SMILES string of the molecule is CCCC.O=C([O-])c1sc(C(=O)[O-])c(O)c1O.[Na+].[Na+]. The molecule has 0 aliphatic heterocycles. The fraction of sp³-hybridized carbons (Fsp3) is 0.400. The van der Waals surface area contributed by atoms with Crippen LogP contribution < -0.4 is 69.3 Å². The van der Waals surface area contributed by atoms with Crippen LogP contribution in [-0.4, -0.2) is 22.2 Å². The Morgan fingerprint density at radius 1 is 0.947 bits per heavy atom. The van der Waals surface area contributed by atoms with Crippen molar-refractivity contribution in [2.45, 2.75) is 26.7 Å². The zero-order valence-electron chi connectivity index (χ0n) is 11.3. The van der Waals surface area contributed by atoms with E-state index in [9.17, 15) is 19.8 Å². The molecule has 96 valence electrons. The zero-order valence-corrected chi connectivity index (χ0v) is 16.2. The smallest absolute Gasteiger partial charge is 0.544 e. The first kappa shape index (κ1) is 24.3. The van der Waals surface area contributed by atoms with Gasteiger partial charge in [0.1, 0.15) is 0 Å². The molecule has 2 N–H and O–H groups in total. The topological polar surface area (TPSA) is 121 Å². The summed E-state index contributed by atoms with van der Waals surface area (Å²) >= 11 is 0.178. The molecule has 9 heteroatoms. The first-order chi connectivity index (χ1) is 7.86. The van der Waals surface area contributed by atoms with Gasteiger partial charge in [0.05, 0.1) is 21.7 Å². The molecule has 0 unspecified atom stereocenters. The number of hydrogen-bond donors (Lipinski definition) is 2. The first-order valence-corrected chi connectivity index (χ1v) is 5.65. The molecular formula is C10H12Na2O6S. The Morgan fingerprint density at radius 2 is 1.21 bits per heavy atom. The van der Waals surface area contributed by atoms with Crippen molar-refractivity contribution in [3.8, 4) is 11.5 Å². The van der Waals surface area contributed by atoms with E-state index in [0.29, 0.717) is 0 Å². The Hall–Kier alpha value is 0.240. The minimum Gasteiger partial charge on any atom is -0.544 e. The summed E-state index contributed by atoms with van der Waals surface area (Å²) in [5, 5.41) is 38.2. The van der Waals surface area contributed by atoms with Crippen LogP contribution in [0.5, 0.6) is 11.5 Å². The van der Waals surface area contributed by atoms with Crippen molar-refractivity contribution in [2.75, 3.05) is 0 Å². The molecule has 0 aliphatic rings. The number of hydrogen-bond acceptors (Lipinski definition) is 7. The average Bonchev–Trinajstić information content (AvgIpc) is 2.56. The summed E-state index contributed by atoms with van der Waals surface area (Å²) < 4.78 is 0. The summed E-state index contributed by atoms with van der Waals surface area (Å²) in [5.41, 5.74) is 0. The van der Waals surface area contributed by atoms with Crippen molar-refractivity contribution in [1.82, 2.24) is 0 Å². The summed E-state index contributed by atoms with van der Waals surface area (Å²) in [7, 11) is 0. The van der Waals surface area contributed by atoms with E-state index in [1.165, 1.54) is 12.8 Å². The average molecular weight is 306 g/mol. The largest absolute Gasteiger partial charge is 1.00 e. The molecule has 0 bridgehead atoms. The molecule has 0 saturated heterocycles. The Labute approximate surface area is 159 Å². The van der Waals surface area contributed by atoms with Crippen LogP contribution in [0.2, 0.25) is 0 Å². The summed E-state index contributed by atoms with van der Waals surface area (Å²) in [4.78, 5) is 19.0. The summed E-state index contributed by atoms with van der Waals surface area (Å²) in [5.74, 6) is -5.54. The fourth-order valence-electron chi connectivity index (χ4n) is 0.690. The molecular weight excluding hydrogens is 294 g/mol. The van der Waals surface area contributed by atoms with Crippen LogP contribution in [0.25, 0.3) is 0 Å². The first-order valence-electron chi connectivity index (χ1n) is 4.84. The molecule has 1 aromatic rings. The van der Waals surface area contributed by atoms with Gasteiger partial charge < -0.3 is 30.0 Å². The van der Waals surface area contributed by atoms with Gasteiger partial charge in [-0.1, -0.05) is 26.7 Å². The Kier molecular flexibility index (Phi) is 15.4. The van der Waals surface area contributed by atoms with E-state index < -0.39 is 33.2 Å². The van der Waals surface area contributed by atoms with Crippen LogP contribution in [0.1, 0.15) is 46.0 Å². The number of aromatic hydroxyl groups is 2. The van der Waals surface area contributed by atoms with Gasteiger partial charge in [-0.25, -0.2) is 0 Å². The van der Waals surface area contributed by atoms with Gasteiger partial charge in [0.25, 0.3) is 0 Å². The predicted molar refractivity (Wildman–Crippen MR) is 56.9 cm³/mol. The maximum Gasteiger partial charge on any atom is 1.00 e. The van der Waals surface area contributed by atoms with Gasteiger partial charge in [-0.15, -0.1) is 11.3 Å². The van der Waals surface area contributed by atoms with Gasteiger partial charge in [-0.05, 0) is 0 Å². The van der Waals surface area contributed by atoms with Crippen molar-refractivity contribution >= 4 is 23.3 Å². The van der Waals surface area contributed by atoms with E-state index in [2.05, 4.69) is 13.8 Å². The standard InChI is InChI=1S/C6H4O6S.C4H10.2Na/c7-1-2(8)4(6(11)12)13-3(1)5(9)10;1-3-4-2;;/h7-8H,(H,9,10)(H,11,12);3-4H2,1-2H3;;/q;;2*+1/p-2. The molecule has 1 rings (SSSR count). The monoisotopic (exact) mass is 306 g/mol. The van der Waals surface area contributed by atoms with Gasteiger partial charge in [0, 0.05) is 0 Å². The molecule has 0 radical (unpaired) electrons. The van der Waals surface area contributed by atoms with Gasteiger partial charge in [-0.3, -0.25) is 0 Å². The molecule has 0 saturated carbocycles. The molecule has 0 aliphatic carbocycles. The second-order valence-corrected chi connectivity index (χ2v) is 4.05. The molecule has 0 amide bonds. The summed E-state index contributed by atoms with van der Waals surface area (Å²) in [6, 6.07) is 0. The zero-order chi connectivity index (χ0) is 13.6. The van der Waals surface area contributed by atoms with Gasteiger partial charge >= 0.3 is 59.1 Å². The van der Waals surface area contributed by atoms with Crippen molar-refractivity contribution in [3.63, 3.8) is 0 Å². The van der Waals surface area contributed by atoms with E-state index in [1.807, 2.05) is 0 Å². The molecule has 19 heavy (non-hydrogen) atoms. The number of thiophene rings is 1. The van der Waals surface area contributed by atoms with Crippen molar-refractivity contribution in [2.24, 2.45) is 0 Å². The van der Waals surface area contributed by atoms with Crippen molar-refractivity contribution in [1.29, 1.82) is 0 Å². The second-order valence-electron chi connectivity index (χ2n) is 3.03. The Morgan fingerprint density at radius 3 is 1.32 bits per heavy atom. The van der Waals surface area contributed by atoms with E-state index >= 15 is 0 Å². The Balaban J connectivity index is -0.000000379. The van der Waals surface area contributed by atoms with Crippen LogP contribution in [0.3, 0.4) is 0 Å². The van der Waals surface area contributed by atoms with Gasteiger partial charge in [0.15, 0.2) is 11.5 Å². The van der Waals surface area contributed by atoms with Gasteiger partial charge in [0.2, 0.25) is 0 Å².